The highest BCUT2D eigenvalue weighted by Crippen LogP contribution is 2.25. The molecule has 5 rings (SSSR count). The van der Waals surface area contributed by atoms with Crippen LogP contribution in [0.25, 0.3) is 0 Å². The number of Topliss-reactive ketones (excluding diaryl/α,β-unsaturated/α-hetero) is 2. The summed E-state index contributed by atoms with van der Waals surface area (Å²) in [6.07, 6.45) is 0.453. The van der Waals surface area contributed by atoms with E-state index >= 15 is 0 Å². The lowest BCUT2D eigenvalue weighted by Gasteiger charge is -2.40. The van der Waals surface area contributed by atoms with Crippen LogP contribution >= 0.6 is 0 Å². The molecule has 0 radical (unpaired) electrons. The smallest absolute Gasteiger partial charge is 0.230 e. The molecule has 2 aromatic rings. The number of hydrogen-bond donors (Lipinski definition) is 1. The number of rotatable bonds is 8. The van der Waals surface area contributed by atoms with E-state index in [1.807, 2.05) is 24.3 Å². The van der Waals surface area contributed by atoms with Crippen LogP contribution in [0.4, 0.5) is 15.8 Å². The number of imide groups is 1. The number of morpholine rings is 1. The van der Waals surface area contributed by atoms with Crippen molar-refractivity contribution >= 4 is 34.8 Å². The fourth-order valence-corrected chi connectivity index (χ4v) is 5.64. The molecule has 0 aliphatic carbocycles. The molecule has 2 atom stereocenters. The number of nitrogens with one attached hydrogen (secondary N) is 1. The summed E-state index contributed by atoms with van der Waals surface area (Å²) in [5.74, 6) is -2.37. The zero-order chi connectivity index (χ0) is 28.2. The van der Waals surface area contributed by atoms with Gasteiger partial charge >= 0.3 is 0 Å². The summed E-state index contributed by atoms with van der Waals surface area (Å²) >= 11 is 0. The lowest BCUT2D eigenvalue weighted by Crippen LogP contribution is -2.52. The Hall–Kier alpha value is -3.63. The van der Waals surface area contributed by atoms with E-state index in [-0.39, 0.29) is 36.2 Å². The third-order valence-electron chi connectivity index (χ3n) is 8.02. The van der Waals surface area contributed by atoms with Crippen molar-refractivity contribution in [3.63, 3.8) is 0 Å². The maximum Gasteiger partial charge on any atom is 0.230 e. The molecule has 2 aromatic carbocycles. The summed E-state index contributed by atoms with van der Waals surface area (Å²) in [4.78, 5) is 54.3. The number of anilines is 2. The van der Waals surface area contributed by atoms with Gasteiger partial charge in [0.2, 0.25) is 11.8 Å². The molecule has 0 unspecified atom stereocenters. The van der Waals surface area contributed by atoms with Crippen LogP contribution in [-0.2, 0) is 14.3 Å². The largest absolute Gasteiger partial charge is 0.373 e. The molecular weight excluding hydrogens is 515 g/mol. The number of amides is 2. The molecule has 9 nitrogen and oxygen atoms in total. The quantitative estimate of drug-likeness (QED) is 0.396. The number of carbonyl (C=O) groups excluding carboxylic acids is 4. The summed E-state index contributed by atoms with van der Waals surface area (Å²) in [5.41, 5.74) is 2.50. The minimum Gasteiger partial charge on any atom is -0.373 e. The Bertz CT molecular complexity index is 1280. The van der Waals surface area contributed by atoms with Crippen molar-refractivity contribution in [3.05, 3.63) is 59.4 Å². The minimum atomic E-state index is -0.607. The second-order valence-corrected chi connectivity index (χ2v) is 10.8. The Kier molecular flexibility index (Phi) is 8.56. The fraction of sp³-hybridized carbons (Fsp3) is 0.467. The minimum absolute atomic E-state index is 0.0259. The lowest BCUT2D eigenvalue weighted by molar-refractivity contribution is -0.136. The van der Waals surface area contributed by atoms with Gasteiger partial charge in [0.25, 0.3) is 0 Å². The first-order valence-electron chi connectivity index (χ1n) is 13.9. The Balaban J connectivity index is 1.11. The van der Waals surface area contributed by atoms with E-state index in [0.29, 0.717) is 18.6 Å². The predicted molar refractivity (Wildman–Crippen MR) is 148 cm³/mol. The summed E-state index contributed by atoms with van der Waals surface area (Å²) in [6.45, 7) is 7.68. The van der Waals surface area contributed by atoms with Crippen molar-refractivity contribution < 1.29 is 28.3 Å². The van der Waals surface area contributed by atoms with Gasteiger partial charge in [-0.3, -0.25) is 29.4 Å². The fourth-order valence-electron chi connectivity index (χ4n) is 5.64. The van der Waals surface area contributed by atoms with Gasteiger partial charge in [0.05, 0.1) is 18.3 Å². The van der Waals surface area contributed by atoms with Crippen LogP contribution in [0.2, 0.25) is 0 Å². The van der Waals surface area contributed by atoms with Crippen molar-refractivity contribution in [1.29, 1.82) is 0 Å². The van der Waals surface area contributed by atoms with Crippen LogP contribution in [0.3, 0.4) is 0 Å². The number of piperazine rings is 1. The molecule has 2 amide bonds. The summed E-state index contributed by atoms with van der Waals surface area (Å²) in [5, 5.41) is 2.24. The van der Waals surface area contributed by atoms with Crippen molar-refractivity contribution in [3.8, 4) is 0 Å². The molecule has 0 saturated carbocycles. The first-order valence-corrected chi connectivity index (χ1v) is 13.9. The van der Waals surface area contributed by atoms with Gasteiger partial charge < -0.3 is 14.5 Å². The van der Waals surface area contributed by atoms with Crippen LogP contribution < -0.4 is 15.1 Å². The number of hydrogen-bond acceptors (Lipinski definition) is 8. The third-order valence-corrected chi connectivity index (χ3v) is 8.02. The molecule has 0 spiro atoms. The van der Waals surface area contributed by atoms with Gasteiger partial charge in [0.15, 0.2) is 11.6 Å². The second kappa shape index (κ2) is 12.3. The molecule has 0 bridgehead atoms. The van der Waals surface area contributed by atoms with Crippen LogP contribution in [-0.4, -0.2) is 86.8 Å². The van der Waals surface area contributed by atoms with Crippen molar-refractivity contribution in [2.24, 2.45) is 5.92 Å². The topological polar surface area (TPSA) is 99.3 Å². The highest BCUT2D eigenvalue weighted by molar-refractivity contribution is 6.03. The summed E-state index contributed by atoms with van der Waals surface area (Å²) in [6, 6.07) is 12.4. The van der Waals surface area contributed by atoms with E-state index in [4.69, 9.17) is 4.74 Å². The number of piperidine rings is 1. The van der Waals surface area contributed by atoms with Gasteiger partial charge in [0.1, 0.15) is 5.82 Å². The molecule has 3 aliphatic rings. The number of carbonyl (C=O) groups is 4. The van der Waals surface area contributed by atoms with Gasteiger partial charge in [-0.15, -0.1) is 0 Å². The predicted octanol–water partition coefficient (Wildman–Crippen LogP) is 2.68. The highest BCUT2D eigenvalue weighted by atomic mass is 19.1. The van der Waals surface area contributed by atoms with E-state index in [1.165, 1.54) is 12.1 Å². The van der Waals surface area contributed by atoms with E-state index in [2.05, 4.69) is 20.0 Å². The van der Waals surface area contributed by atoms with Crippen molar-refractivity contribution in [2.75, 3.05) is 62.2 Å². The van der Waals surface area contributed by atoms with Gasteiger partial charge in [0, 0.05) is 81.5 Å². The van der Waals surface area contributed by atoms with Crippen molar-refractivity contribution in [2.45, 2.75) is 32.3 Å². The molecule has 3 saturated heterocycles. The highest BCUT2D eigenvalue weighted by Gasteiger charge is 2.30. The summed E-state index contributed by atoms with van der Waals surface area (Å²) in [7, 11) is 0. The van der Waals surface area contributed by atoms with Crippen LogP contribution in [0.1, 0.15) is 46.9 Å². The zero-order valence-electron chi connectivity index (χ0n) is 22.7. The molecular formula is C30H35FN4O5. The van der Waals surface area contributed by atoms with Crippen molar-refractivity contribution in [1.82, 2.24) is 10.2 Å². The zero-order valence-corrected chi connectivity index (χ0v) is 22.7. The maximum atomic E-state index is 14.9. The molecule has 0 aromatic heterocycles. The molecule has 40 heavy (non-hydrogen) atoms. The number of ketones is 2. The third kappa shape index (κ3) is 6.56. The first-order chi connectivity index (χ1) is 19.3. The standard InChI is InChI=1S/C30H35FN4O5/c1-20(36)21-2-5-23(6-3-21)35-14-15-40-25(19-35)18-33-10-12-34(13-11-33)24-7-8-26(27(31)17-24)28(37)16-22-4-9-29(38)32-30(22)39/h2-3,5-8,17,22,25H,4,9-16,18-19H2,1H3,(H,32,38,39)/t22-,25-/m1/s1. The maximum absolute atomic E-state index is 14.9. The van der Waals surface area contributed by atoms with E-state index in [1.54, 1.807) is 13.0 Å². The SMILES string of the molecule is CC(=O)c1ccc(N2CCO[C@H](CN3CCN(c4ccc(C(=O)C[C@H]5CCC(=O)NC5=O)c(F)c4)CC3)C2)cc1. The molecule has 3 heterocycles. The first kappa shape index (κ1) is 27.9. The van der Waals surface area contributed by atoms with E-state index < -0.39 is 23.4 Å². The molecule has 3 fully saturated rings. The van der Waals surface area contributed by atoms with Gasteiger partial charge in [-0.05, 0) is 55.8 Å². The second-order valence-electron chi connectivity index (χ2n) is 10.8. The number of halogens is 1. The normalized spacial score (nSPS) is 22.2. The Morgan fingerprint density at radius 1 is 0.975 bits per heavy atom. The molecule has 3 aliphatic heterocycles. The van der Waals surface area contributed by atoms with Crippen LogP contribution in [0.15, 0.2) is 42.5 Å². The Morgan fingerprint density at radius 2 is 1.70 bits per heavy atom. The van der Waals surface area contributed by atoms with Gasteiger partial charge in [-0.1, -0.05) is 0 Å². The van der Waals surface area contributed by atoms with Gasteiger partial charge in [-0.25, -0.2) is 4.39 Å². The number of nitrogens with zero attached hydrogens (tertiary/aromatic N) is 3. The van der Waals surface area contributed by atoms with Crippen LogP contribution in [0, 0.1) is 11.7 Å². The average Bonchev–Trinajstić information content (AvgIpc) is 2.95. The number of ether oxygens (including phenoxy) is 1. The Morgan fingerprint density at radius 3 is 2.38 bits per heavy atom. The summed E-state index contributed by atoms with van der Waals surface area (Å²) < 4.78 is 21.0. The number of benzene rings is 2. The average molecular weight is 551 g/mol. The monoisotopic (exact) mass is 550 g/mol. The van der Waals surface area contributed by atoms with E-state index in [9.17, 15) is 23.6 Å². The van der Waals surface area contributed by atoms with E-state index in [0.717, 1.165) is 57.2 Å². The molecule has 1 N–H and O–H groups in total. The van der Waals surface area contributed by atoms with Crippen LogP contribution in [0.5, 0.6) is 0 Å². The lowest BCUT2D eigenvalue weighted by atomic mass is 9.90. The van der Waals surface area contributed by atoms with Gasteiger partial charge in [-0.2, -0.15) is 0 Å². The molecule has 10 heteroatoms. The molecule has 212 valence electrons. The Labute approximate surface area is 233 Å².